The van der Waals surface area contributed by atoms with Gasteiger partial charge in [-0.2, -0.15) is 0 Å². The van der Waals surface area contributed by atoms with Gasteiger partial charge < -0.3 is 23.3 Å². The standard InChI is InChI=1S/C16H24ClN2O8P/c1-4-24-28(22,25-5-2)16(9-17)23-8-12-11(27-16)6-13(26-12)19-7-10(3)14(20)18-15(19)21/h7,11-13H,4-6,8-9H2,1-3H3,(H,18,20,21)/t11-,12+,13+,16-/m0/s1. The van der Waals surface area contributed by atoms with E-state index >= 15 is 0 Å². The molecule has 158 valence electrons. The van der Waals surface area contributed by atoms with Crippen molar-refractivity contribution in [2.75, 3.05) is 25.7 Å². The predicted octanol–water partition coefficient (Wildman–Crippen LogP) is 1.71. The molecule has 3 heterocycles. The molecule has 4 atom stereocenters. The van der Waals surface area contributed by atoms with E-state index in [0.29, 0.717) is 5.56 Å². The van der Waals surface area contributed by atoms with Gasteiger partial charge in [0.05, 0.1) is 31.8 Å². The van der Waals surface area contributed by atoms with Crippen molar-refractivity contribution >= 4 is 19.2 Å². The highest BCUT2D eigenvalue weighted by Gasteiger charge is 2.60. The molecule has 2 aliphatic heterocycles. The largest absolute Gasteiger partial charge is 0.391 e. The maximum Gasteiger partial charge on any atom is 0.391 e. The summed E-state index contributed by atoms with van der Waals surface area (Å²) in [6, 6.07) is 0. The summed E-state index contributed by atoms with van der Waals surface area (Å²) in [6.45, 7) is 5.24. The molecular weight excluding hydrogens is 415 g/mol. The second-order valence-corrected chi connectivity index (χ2v) is 8.95. The van der Waals surface area contributed by atoms with Crippen molar-refractivity contribution in [2.24, 2.45) is 0 Å². The molecule has 10 nitrogen and oxygen atoms in total. The van der Waals surface area contributed by atoms with E-state index in [0.717, 1.165) is 0 Å². The Labute approximate surface area is 166 Å². The second kappa shape index (κ2) is 8.39. The molecule has 3 rings (SSSR count). The molecule has 0 spiro atoms. The lowest BCUT2D eigenvalue weighted by Gasteiger charge is -2.43. The Morgan fingerprint density at radius 1 is 1.32 bits per heavy atom. The zero-order valence-electron chi connectivity index (χ0n) is 15.9. The predicted molar refractivity (Wildman–Crippen MR) is 99.7 cm³/mol. The number of fused-ring (bicyclic) bond motifs is 1. The minimum Gasteiger partial charge on any atom is -0.349 e. The van der Waals surface area contributed by atoms with E-state index in [2.05, 4.69) is 4.98 Å². The molecule has 0 saturated carbocycles. The lowest BCUT2D eigenvalue weighted by Crippen LogP contribution is -2.51. The average Bonchev–Trinajstić information content (AvgIpc) is 3.07. The Balaban J connectivity index is 1.85. The van der Waals surface area contributed by atoms with Gasteiger partial charge in [-0.1, -0.05) is 0 Å². The molecule has 2 aliphatic rings. The van der Waals surface area contributed by atoms with Crippen LogP contribution in [-0.2, 0) is 27.8 Å². The molecule has 0 aliphatic carbocycles. The van der Waals surface area contributed by atoms with Crippen LogP contribution in [0.15, 0.2) is 15.8 Å². The minimum atomic E-state index is -3.84. The van der Waals surface area contributed by atoms with Gasteiger partial charge in [0.15, 0.2) is 0 Å². The van der Waals surface area contributed by atoms with Gasteiger partial charge in [0, 0.05) is 18.2 Å². The normalized spacial score (nSPS) is 30.4. The summed E-state index contributed by atoms with van der Waals surface area (Å²) < 4.78 is 42.9. The SMILES string of the molecule is CCOP(=O)(OCC)[C@@]1(CCl)OC[C@H]2O[C@@H](n3cc(C)c(=O)[nH]c3=O)C[C@@H]2O1. The van der Waals surface area contributed by atoms with Crippen LogP contribution < -0.4 is 11.2 Å². The smallest absolute Gasteiger partial charge is 0.349 e. The number of rotatable bonds is 7. The molecule has 1 aromatic heterocycles. The Morgan fingerprint density at radius 2 is 2.00 bits per heavy atom. The first kappa shape index (κ1) is 21.7. The van der Waals surface area contributed by atoms with Crippen LogP contribution >= 0.6 is 19.2 Å². The lowest BCUT2D eigenvalue weighted by molar-refractivity contribution is -0.266. The average molecular weight is 439 g/mol. The van der Waals surface area contributed by atoms with E-state index in [1.165, 1.54) is 10.8 Å². The fraction of sp³-hybridized carbons (Fsp3) is 0.750. The van der Waals surface area contributed by atoms with Crippen molar-refractivity contribution in [1.29, 1.82) is 0 Å². The molecule has 0 radical (unpaired) electrons. The van der Waals surface area contributed by atoms with E-state index < -0.39 is 42.8 Å². The Kier molecular flexibility index (Phi) is 6.51. The number of nitrogens with zero attached hydrogens (tertiary/aromatic N) is 1. The number of aryl methyl sites for hydroxylation is 1. The molecule has 0 unspecified atom stereocenters. The van der Waals surface area contributed by atoms with E-state index in [9.17, 15) is 14.2 Å². The summed E-state index contributed by atoms with van der Waals surface area (Å²) in [7, 11) is -3.84. The van der Waals surface area contributed by atoms with Crippen LogP contribution in [0.5, 0.6) is 0 Å². The number of aromatic amines is 1. The Bertz CT molecular complexity index is 863. The third-order valence-electron chi connectivity index (χ3n) is 4.63. The third kappa shape index (κ3) is 3.75. The van der Waals surface area contributed by atoms with Crippen molar-refractivity contribution in [2.45, 2.75) is 51.2 Å². The quantitative estimate of drug-likeness (QED) is 0.505. The first-order valence-corrected chi connectivity index (χ1v) is 11.1. The topological polar surface area (TPSA) is 118 Å². The van der Waals surface area contributed by atoms with Crippen LogP contribution in [0.1, 0.15) is 32.1 Å². The minimum absolute atomic E-state index is 0.0368. The molecule has 28 heavy (non-hydrogen) atoms. The van der Waals surface area contributed by atoms with Crippen LogP contribution in [0, 0.1) is 6.92 Å². The summed E-state index contributed by atoms with van der Waals surface area (Å²) in [5, 5.41) is 0. The van der Waals surface area contributed by atoms with E-state index in [1.54, 1.807) is 20.8 Å². The Morgan fingerprint density at radius 3 is 2.61 bits per heavy atom. The van der Waals surface area contributed by atoms with Crippen molar-refractivity contribution in [3.63, 3.8) is 0 Å². The number of H-pyrrole nitrogens is 1. The number of halogens is 1. The summed E-state index contributed by atoms with van der Waals surface area (Å²) in [6.07, 6.45) is -0.0187. The van der Waals surface area contributed by atoms with Gasteiger partial charge in [-0.3, -0.25) is 18.9 Å². The zero-order chi connectivity index (χ0) is 20.5. The molecular formula is C16H24ClN2O8P. The maximum absolute atomic E-state index is 13.3. The number of nitrogens with one attached hydrogen (secondary N) is 1. The number of ether oxygens (including phenoxy) is 3. The Hall–Kier alpha value is -1.00. The highest BCUT2D eigenvalue weighted by molar-refractivity contribution is 7.55. The number of alkyl halides is 1. The van der Waals surface area contributed by atoms with Gasteiger partial charge in [0.2, 0.25) is 0 Å². The van der Waals surface area contributed by atoms with Gasteiger partial charge in [0.1, 0.15) is 12.3 Å². The van der Waals surface area contributed by atoms with Crippen LogP contribution in [0.25, 0.3) is 0 Å². The number of hydrogen-bond acceptors (Lipinski definition) is 8. The molecule has 1 N–H and O–H groups in total. The molecule has 0 bridgehead atoms. The molecule has 0 amide bonds. The maximum atomic E-state index is 13.3. The van der Waals surface area contributed by atoms with Crippen molar-refractivity contribution in [3.8, 4) is 0 Å². The van der Waals surface area contributed by atoms with Gasteiger partial charge in [0.25, 0.3) is 11.1 Å². The van der Waals surface area contributed by atoms with Crippen LogP contribution in [0.2, 0.25) is 0 Å². The van der Waals surface area contributed by atoms with Gasteiger partial charge >= 0.3 is 13.3 Å². The van der Waals surface area contributed by atoms with E-state index in [4.69, 9.17) is 34.9 Å². The lowest BCUT2D eigenvalue weighted by atomic mass is 10.1. The molecule has 1 aromatic rings. The summed E-state index contributed by atoms with van der Waals surface area (Å²) in [4.78, 5) is 26.0. The number of aromatic nitrogens is 2. The fourth-order valence-electron chi connectivity index (χ4n) is 3.29. The monoisotopic (exact) mass is 438 g/mol. The van der Waals surface area contributed by atoms with Crippen molar-refractivity contribution < 1.29 is 27.8 Å². The van der Waals surface area contributed by atoms with Crippen molar-refractivity contribution in [3.05, 3.63) is 32.6 Å². The molecule has 12 heteroatoms. The second-order valence-electron chi connectivity index (χ2n) is 6.49. The first-order valence-electron chi connectivity index (χ1n) is 9.03. The third-order valence-corrected chi connectivity index (χ3v) is 7.59. The van der Waals surface area contributed by atoms with Gasteiger partial charge in [-0.15, -0.1) is 11.6 Å². The van der Waals surface area contributed by atoms with Gasteiger partial charge in [-0.05, 0) is 20.8 Å². The van der Waals surface area contributed by atoms with Crippen LogP contribution in [0.3, 0.4) is 0 Å². The van der Waals surface area contributed by atoms with Crippen LogP contribution in [-0.4, -0.2) is 53.0 Å². The number of hydrogen-bond donors (Lipinski definition) is 1. The molecule has 2 saturated heterocycles. The highest BCUT2D eigenvalue weighted by atomic mass is 35.5. The summed E-state index contributed by atoms with van der Waals surface area (Å²) in [5.41, 5.74) is -2.42. The van der Waals surface area contributed by atoms with E-state index in [-0.39, 0.29) is 32.1 Å². The summed E-state index contributed by atoms with van der Waals surface area (Å²) >= 11 is 6.08. The first-order chi connectivity index (χ1) is 13.3. The molecule has 0 aromatic carbocycles. The van der Waals surface area contributed by atoms with Crippen molar-refractivity contribution in [1.82, 2.24) is 9.55 Å². The highest BCUT2D eigenvalue weighted by Crippen LogP contribution is 2.63. The zero-order valence-corrected chi connectivity index (χ0v) is 17.5. The summed E-state index contributed by atoms with van der Waals surface area (Å²) in [5.74, 6) is -0.268. The van der Waals surface area contributed by atoms with Crippen LogP contribution in [0.4, 0.5) is 0 Å². The molecule has 2 fully saturated rings. The van der Waals surface area contributed by atoms with E-state index in [1.807, 2.05) is 0 Å². The fourth-order valence-corrected chi connectivity index (χ4v) is 5.66. The van der Waals surface area contributed by atoms with Gasteiger partial charge in [-0.25, -0.2) is 4.79 Å².